The Labute approximate surface area is 136 Å². The molecule has 23 heavy (non-hydrogen) atoms. The average Bonchev–Trinajstić information content (AvgIpc) is 2.90. The van der Waals surface area contributed by atoms with E-state index in [9.17, 15) is 13.2 Å². The first-order valence-electron chi connectivity index (χ1n) is 6.11. The van der Waals surface area contributed by atoms with Gasteiger partial charge >= 0.3 is 6.18 Å². The predicted molar refractivity (Wildman–Crippen MR) is 80.2 cm³/mol. The molecule has 0 unspecified atom stereocenters. The van der Waals surface area contributed by atoms with Crippen LogP contribution in [-0.4, -0.2) is 30.8 Å². The number of alkyl halides is 3. The van der Waals surface area contributed by atoms with Crippen molar-refractivity contribution in [2.45, 2.75) is 11.3 Å². The fourth-order valence-electron chi connectivity index (χ4n) is 1.94. The molecule has 1 aromatic carbocycles. The van der Waals surface area contributed by atoms with Crippen LogP contribution >= 0.6 is 23.4 Å². The molecule has 2 aromatic heterocycles. The summed E-state index contributed by atoms with van der Waals surface area (Å²) in [4.78, 5) is 12.0. The Morgan fingerprint density at radius 2 is 1.96 bits per heavy atom. The molecule has 120 valence electrons. The number of anilines is 1. The maximum Gasteiger partial charge on any atom is 0.417 e. The van der Waals surface area contributed by atoms with E-state index in [0.29, 0.717) is 5.16 Å². The van der Waals surface area contributed by atoms with Crippen LogP contribution in [0.15, 0.2) is 23.4 Å². The van der Waals surface area contributed by atoms with Gasteiger partial charge in [0.2, 0.25) is 5.95 Å². The second-order valence-corrected chi connectivity index (χ2v) is 5.61. The topological polar surface area (TPSA) is 82.0 Å². The summed E-state index contributed by atoms with van der Waals surface area (Å²) in [6, 6.07) is 3.37. The van der Waals surface area contributed by atoms with Gasteiger partial charge in [0.25, 0.3) is 5.78 Å². The van der Waals surface area contributed by atoms with Crippen LogP contribution in [0.4, 0.5) is 19.1 Å². The minimum atomic E-state index is -4.60. The molecule has 11 heteroatoms. The molecule has 3 rings (SSSR count). The minimum absolute atomic E-state index is 0.0133. The molecule has 3 aromatic rings. The molecular formula is C12H8ClF3N6S. The lowest BCUT2D eigenvalue weighted by Crippen LogP contribution is -2.08. The van der Waals surface area contributed by atoms with Crippen LogP contribution in [0, 0.1) is 0 Å². The lowest BCUT2D eigenvalue weighted by atomic mass is 10.1. The summed E-state index contributed by atoms with van der Waals surface area (Å²) in [5.74, 6) is -0.103. The Morgan fingerprint density at radius 3 is 2.61 bits per heavy atom. The van der Waals surface area contributed by atoms with E-state index in [2.05, 4.69) is 20.1 Å². The van der Waals surface area contributed by atoms with Crippen LogP contribution in [-0.2, 0) is 6.18 Å². The first-order chi connectivity index (χ1) is 10.8. The van der Waals surface area contributed by atoms with Crippen molar-refractivity contribution >= 4 is 35.1 Å². The Hall–Kier alpha value is -2.07. The summed E-state index contributed by atoms with van der Waals surface area (Å²) in [7, 11) is 0. The van der Waals surface area contributed by atoms with Gasteiger partial charge < -0.3 is 5.73 Å². The van der Waals surface area contributed by atoms with E-state index < -0.39 is 11.7 Å². The Kier molecular flexibility index (Phi) is 3.80. The molecular weight excluding hydrogens is 353 g/mol. The quantitative estimate of drug-likeness (QED) is 0.707. The van der Waals surface area contributed by atoms with Crippen molar-refractivity contribution < 1.29 is 13.2 Å². The number of nitrogens with zero attached hydrogens (tertiary/aromatic N) is 5. The molecule has 0 amide bonds. The highest BCUT2D eigenvalue weighted by atomic mass is 35.5. The number of benzene rings is 1. The molecule has 2 N–H and O–H groups in total. The number of fused-ring (bicyclic) bond motifs is 1. The van der Waals surface area contributed by atoms with Crippen molar-refractivity contribution in [1.82, 2.24) is 24.6 Å². The van der Waals surface area contributed by atoms with Gasteiger partial charge in [0, 0.05) is 10.6 Å². The van der Waals surface area contributed by atoms with Gasteiger partial charge in [0.1, 0.15) is 0 Å². The van der Waals surface area contributed by atoms with Crippen molar-refractivity contribution in [1.29, 1.82) is 0 Å². The Balaban J connectivity index is 2.24. The molecule has 0 radical (unpaired) electrons. The van der Waals surface area contributed by atoms with Crippen molar-refractivity contribution in [3.8, 4) is 11.4 Å². The maximum absolute atomic E-state index is 13.2. The van der Waals surface area contributed by atoms with Gasteiger partial charge in [-0.2, -0.15) is 32.6 Å². The Morgan fingerprint density at radius 1 is 1.22 bits per heavy atom. The van der Waals surface area contributed by atoms with E-state index in [4.69, 9.17) is 17.3 Å². The summed E-state index contributed by atoms with van der Waals surface area (Å²) < 4.78 is 40.7. The second kappa shape index (κ2) is 5.53. The van der Waals surface area contributed by atoms with E-state index in [-0.39, 0.29) is 28.1 Å². The lowest BCUT2D eigenvalue weighted by Gasteiger charge is -2.10. The van der Waals surface area contributed by atoms with Gasteiger partial charge in [0.05, 0.1) is 5.56 Å². The number of rotatable bonds is 2. The molecule has 0 fully saturated rings. The molecule has 0 aliphatic heterocycles. The molecule has 6 nitrogen and oxygen atoms in total. The van der Waals surface area contributed by atoms with Crippen LogP contribution in [0.1, 0.15) is 5.56 Å². The normalized spacial score (nSPS) is 12.0. The lowest BCUT2D eigenvalue weighted by molar-refractivity contribution is -0.137. The highest BCUT2D eigenvalue weighted by Gasteiger charge is 2.35. The number of halogens is 4. The van der Waals surface area contributed by atoms with Crippen LogP contribution in [0.5, 0.6) is 0 Å². The van der Waals surface area contributed by atoms with Gasteiger partial charge in [-0.3, -0.25) is 0 Å². The fourth-order valence-corrected chi connectivity index (χ4v) is 2.47. The number of aromatic nitrogens is 5. The number of hydrogen-bond donors (Lipinski definition) is 1. The largest absolute Gasteiger partial charge is 0.417 e. The molecule has 0 spiro atoms. The fraction of sp³-hybridized carbons (Fsp3) is 0.167. The van der Waals surface area contributed by atoms with Gasteiger partial charge in [-0.25, -0.2) is 0 Å². The number of thioether (sulfide) groups is 1. The highest BCUT2D eigenvalue weighted by molar-refractivity contribution is 7.98. The number of nitrogens with two attached hydrogens (primary N) is 1. The summed E-state index contributed by atoms with van der Waals surface area (Å²) in [6.45, 7) is 0. The molecule has 0 aliphatic carbocycles. The smallest absolute Gasteiger partial charge is 0.368 e. The van der Waals surface area contributed by atoms with E-state index in [1.807, 2.05) is 0 Å². The van der Waals surface area contributed by atoms with Crippen LogP contribution < -0.4 is 5.73 Å². The zero-order valence-corrected chi connectivity index (χ0v) is 13.0. The second-order valence-electron chi connectivity index (χ2n) is 4.40. The van der Waals surface area contributed by atoms with Crippen molar-refractivity contribution in [2.24, 2.45) is 0 Å². The van der Waals surface area contributed by atoms with Crippen LogP contribution in [0.25, 0.3) is 17.2 Å². The third-order valence-corrected chi connectivity index (χ3v) is 3.71. The van der Waals surface area contributed by atoms with Gasteiger partial charge in [-0.05, 0) is 24.5 Å². The number of hydrogen-bond acceptors (Lipinski definition) is 6. The predicted octanol–water partition coefficient (Wildman–Crippen LogP) is 3.16. The van der Waals surface area contributed by atoms with Gasteiger partial charge in [0.15, 0.2) is 11.0 Å². The molecule has 0 atom stereocenters. The summed E-state index contributed by atoms with van der Waals surface area (Å²) >= 11 is 6.89. The van der Waals surface area contributed by atoms with E-state index in [0.717, 1.165) is 10.6 Å². The van der Waals surface area contributed by atoms with E-state index in [1.54, 1.807) is 6.26 Å². The van der Waals surface area contributed by atoms with Crippen molar-refractivity contribution in [2.75, 3.05) is 12.0 Å². The molecule has 2 heterocycles. The standard InChI is InChI=1S/C12H8ClF3N6S/c1-23-11-19-9(17)22-10(20-11)18-8(21-22)6-3-2-5(13)4-7(6)12(14,15)16/h2-4H,1H3,(H2,17,18,19,20,21). The number of nitrogen functional groups attached to an aromatic ring is 1. The first-order valence-corrected chi connectivity index (χ1v) is 7.71. The molecule has 0 aliphatic rings. The van der Waals surface area contributed by atoms with E-state index >= 15 is 0 Å². The molecule has 0 saturated heterocycles. The Bertz CT molecular complexity index is 894. The third-order valence-electron chi connectivity index (χ3n) is 2.92. The average molecular weight is 361 g/mol. The molecule has 0 saturated carbocycles. The first kappa shape index (κ1) is 15.8. The van der Waals surface area contributed by atoms with Crippen LogP contribution in [0.3, 0.4) is 0 Å². The maximum atomic E-state index is 13.2. The van der Waals surface area contributed by atoms with Gasteiger partial charge in [-0.1, -0.05) is 23.4 Å². The van der Waals surface area contributed by atoms with E-state index in [1.165, 1.54) is 23.9 Å². The highest BCUT2D eigenvalue weighted by Crippen LogP contribution is 2.37. The minimum Gasteiger partial charge on any atom is -0.368 e. The monoisotopic (exact) mass is 360 g/mol. The zero-order valence-electron chi connectivity index (χ0n) is 11.5. The SMILES string of the molecule is CSc1nc(N)n2nc(-c3ccc(Cl)cc3C(F)(F)F)nc2n1. The zero-order chi connectivity index (χ0) is 16.8. The van der Waals surface area contributed by atoms with Gasteiger partial charge in [-0.15, -0.1) is 5.10 Å². The summed E-state index contributed by atoms with van der Waals surface area (Å²) in [5.41, 5.74) is 4.58. The molecule has 0 bridgehead atoms. The van der Waals surface area contributed by atoms with Crippen molar-refractivity contribution in [3.05, 3.63) is 28.8 Å². The van der Waals surface area contributed by atoms with Crippen molar-refractivity contribution in [3.63, 3.8) is 0 Å². The van der Waals surface area contributed by atoms with Crippen LogP contribution in [0.2, 0.25) is 5.02 Å². The third kappa shape index (κ3) is 2.91. The summed E-state index contributed by atoms with van der Waals surface area (Å²) in [5, 5.41) is 4.28. The summed E-state index contributed by atoms with van der Waals surface area (Å²) in [6.07, 6.45) is -2.86.